The van der Waals surface area contributed by atoms with Crippen LogP contribution in [0, 0.1) is 5.41 Å². The zero-order valence-electron chi connectivity index (χ0n) is 1.76. The minimum absolute atomic E-state index is 2.33. The van der Waals surface area contributed by atoms with E-state index in [1.165, 1.54) is 0 Å². The molecule has 0 saturated carbocycles. The summed E-state index contributed by atoms with van der Waals surface area (Å²) >= 11 is 0. The molecule has 0 aromatic rings. The van der Waals surface area contributed by atoms with Crippen LogP contribution in [0.15, 0.2) is 0 Å². The highest BCUT2D eigenvalue weighted by atomic mass is 19.3. The molecule has 0 amide bonds. The Balaban J connectivity index is 2.80. The summed E-state index contributed by atoms with van der Waals surface area (Å²) in [7, 11) is 0. The minimum Gasteiger partial charge on any atom is -0.248 e. The lowest BCUT2D eigenvalue weighted by Gasteiger charge is -1.51. The summed E-state index contributed by atoms with van der Waals surface area (Å²) in [6, 6.07) is 0. The third-order valence-corrected chi connectivity index (χ3v) is 0. The summed E-state index contributed by atoms with van der Waals surface area (Å²) < 4.78 is 19.8. The lowest BCUT2D eigenvalue weighted by molar-refractivity contribution is 0.605. The molecule has 1 N–H and O–H groups in total. The van der Waals surface area contributed by atoms with Crippen molar-refractivity contribution in [3.63, 3.8) is 0 Å². The van der Waals surface area contributed by atoms with Crippen molar-refractivity contribution in [2.45, 2.75) is 0 Å². The minimum atomic E-state index is -2.33. The predicted octanol–water partition coefficient (Wildman–Crippen LogP) is 0.860. The molecule has 0 aromatic carbocycles. The van der Waals surface area contributed by atoms with Gasteiger partial charge in [-0.15, -0.1) is 0 Å². The lowest BCUT2D eigenvalue weighted by atomic mass is 11.6. The fraction of sp³-hybridized carbons (Fsp3) is 0. The normalized spacial score (nSPS) is 6.50. The maximum atomic E-state index is 9.92. The Morgan fingerprint density at radius 1 is 1.50 bits per heavy atom. The SMILES string of the molecule is [15NH]=C(F)F. The average Bonchev–Trinajstić information content (AvgIpc) is 0.811. The lowest BCUT2D eigenvalue weighted by Crippen LogP contribution is -1.58. The van der Waals surface area contributed by atoms with Gasteiger partial charge in [-0.1, -0.05) is 0 Å². The first-order valence-electron chi connectivity index (χ1n) is 0.628. The molecule has 0 radical (unpaired) electrons. The van der Waals surface area contributed by atoms with E-state index < -0.39 is 6.22 Å². The molecule has 0 aromatic heterocycles. The summed E-state index contributed by atoms with van der Waals surface area (Å²) in [5.41, 5.74) is 0. The average molecular weight is 66.0 g/mol. The highest BCUT2D eigenvalue weighted by Crippen LogP contribution is 1.66. The number of halogens is 2. The molecule has 24 valence electrons. The summed E-state index contributed by atoms with van der Waals surface area (Å²) in [6.07, 6.45) is -2.33. The zero-order valence-corrected chi connectivity index (χ0v) is 1.76. The van der Waals surface area contributed by atoms with Crippen LogP contribution in [0.1, 0.15) is 0 Å². The van der Waals surface area contributed by atoms with Gasteiger partial charge in [-0.25, -0.2) is 5.41 Å². The monoisotopic (exact) mass is 66.0 g/mol. The van der Waals surface area contributed by atoms with Crippen molar-refractivity contribution >= 4 is 6.22 Å². The van der Waals surface area contributed by atoms with E-state index in [9.17, 15) is 8.78 Å². The van der Waals surface area contributed by atoms with Crippen molar-refractivity contribution in [3.05, 3.63) is 0 Å². The maximum absolute atomic E-state index is 9.92. The molecule has 0 bridgehead atoms. The van der Waals surface area contributed by atoms with Crippen molar-refractivity contribution in [3.8, 4) is 0 Å². The van der Waals surface area contributed by atoms with Gasteiger partial charge in [-0.05, 0) is 0 Å². The third kappa shape index (κ3) is 1.95. The van der Waals surface area contributed by atoms with E-state index in [4.69, 9.17) is 5.41 Å². The summed E-state index contributed by atoms with van der Waals surface area (Å²) in [5.74, 6) is 0. The Labute approximate surface area is 21.8 Å². The van der Waals surface area contributed by atoms with Gasteiger partial charge in [0.2, 0.25) is 0 Å². The van der Waals surface area contributed by atoms with Gasteiger partial charge in [0.25, 0.3) is 0 Å². The first-order chi connectivity index (χ1) is 1.73. The number of rotatable bonds is 0. The van der Waals surface area contributed by atoms with E-state index in [0.717, 1.165) is 0 Å². The second-order valence-corrected chi connectivity index (χ2v) is 0.260. The highest BCUT2D eigenvalue weighted by molar-refractivity contribution is 5.58. The molecule has 0 atom stereocenters. The van der Waals surface area contributed by atoms with E-state index in [1.807, 2.05) is 0 Å². The van der Waals surface area contributed by atoms with E-state index >= 15 is 0 Å². The largest absolute Gasteiger partial charge is 0.357 e. The van der Waals surface area contributed by atoms with Crippen LogP contribution in [-0.2, 0) is 0 Å². The molecule has 4 heavy (non-hydrogen) atoms. The van der Waals surface area contributed by atoms with Crippen LogP contribution in [0.3, 0.4) is 0 Å². The van der Waals surface area contributed by atoms with Crippen LogP contribution in [0.25, 0.3) is 0 Å². The second kappa shape index (κ2) is 0.925. The summed E-state index contributed by atoms with van der Waals surface area (Å²) in [5, 5.41) is 5.17. The predicted molar refractivity (Wildman–Crippen MR) is 9.94 cm³/mol. The van der Waals surface area contributed by atoms with Gasteiger partial charge in [0, 0.05) is 0 Å². The van der Waals surface area contributed by atoms with E-state index in [2.05, 4.69) is 0 Å². The number of hydrogen-bond acceptors (Lipinski definition) is 1. The molecular weight excluding hydrogens is 65.0 g/mol. The van der Waals surface area contributed by atoms with Crippen LogP contribution in [0.4, 0.5) is 8.78 Å². The highest BCUT2D eigenvalue weighted by Gasteiger charge is 1.70. The summed E-state index contributed by atoms with van der Waals surface area (Å²) in [6.45, 7) is 0. The molecule has 1 nitrogen and oxygen atoms in total. The summed E-state index contributed by atoms with van der Waals surface area (Å²) in [4.78, 5) is 0. The van der Waals surface area contributed by atoms with Crippen LogP contribution < -0.4 is 0 Å². The van der Waals surface area contributed by atoms with Gasteiger partial charge in [-0.2, -0.15) is 8.78 Å². The Hall–Kier alpha value is -0.470. The standard InChI is InChI=1S/CHF2N/c2-1(3)4/h4H/i4+1. The second-order valence-electron chi connectivity index (χ2n) is 0.260. The Morgan fingerprint density at radius 2 is 1.50 bits per heavy atom. The zero-order chi connectivity index (χ0) is 3.58. The quantitative estimate of drug-likeness (QED) is 0.320. The Kier molecular flexibility index (Phi) is 0.817. The van der Waals surface area contributed by atoms with E-state index in [0.29, 0.717) is 0 Å². The van der Waals surface area contributed by atoms with Crippen molar-refractivity contribution < 1.29 is 8.78 Å². The van der Waals surface area contributed by atoms with Crippen molar-refractivity contribution in [1.29, 1.82) is 5.41 Å². The Bertz CT molecular complexity index is 29.0. The van der Waals surface area contributed by atoms with Gasteiger partial charge in [0.05, 0.1) is 0 Å². The van der Waals surface area contributed by atoms with Gasteiger partial charge in [0.15, 0.2) is 0 Å². The molecule has 0 fully saturated rings. The fourth-order valence-corrected chi connectivity index (χ4v) is 0. The van der Waals surface area contributed by atoms with Crippen molar-refractivity contribution in [1.82, 2.24) is 0 Å². The number of nitrogens with one attached hydrogen (secondary N) is 1. The molecule has 0 aliphatic carbocycles. The molecule has 0 spiro atoms. The molecule has 0 aliphatic heterocycles. The molecule has 0 heterocycles. The maximum Gasteiger partial charge on any atom is 0.357 e. The molecular formula is CHF2N. The van der Waals surface area contributed by atoms with Gasteiger partial charge < -0.3 is 0 Å². The fourth-order valence-electron chi connectivity index (χ4n) is 0. The van der Waals surface area contributed by atoms with E-state index in [-0.39, 0.29) is 0 Å². The topological polar surface area (TPSA) is 23.9 Å². The molecule has 0 saturated heterocycles. The number of hydrogen-bond donors (Lipinski definition) is 1. The molecule has 0 rings (SSSR count). The van der Waals surface area contributed by atoms with Gasteiger partial charge in [-0.3, -0.25) is 0 Å². The molecule has 3 heteroatoms. The third-order valence-electron chi connectivity index (χ3n) is 0. The van der Waals surface area contributed by atoms with Crippen molar-refractivity contribution in [2.75, 3.05) is 0 Å². The van der Waals surface area contributed by atoms with Gasteiger partial charge in [0.1, 0.15) is 0 Å². The van der Waals surface area contributed by atoms with Crippen LogP contribution in [0.5, 0.6) is 0 Å². The van der Waals surface area contributed by atoms with Crippen LogP contribution in [0.2, 0.25) is 0 Å². The smallest absolute Gasteiger partial charge is 0.248 e. The molecule has 0 aliphatic rings. The Morgan fingerprint density at radius 3 is 1.50 bits per heavy atom. The van der Waals surface area contributed by atoms with Crippen LogP contribution in [-0.4, -0.2) is 6.22 Å². The molecule has 0 unspecified atom stereocenters. The van der Waals surface area contributed by atoms with Crippen LogP contribution >= 0.6 is 0 Å². The van der Waals surface area contributed by atoms with E-state index in [1.54, 1.807) is 0 Å². The van der Waals surface area contributed by atoms with Crippen molar-refractivity contribution in [2.24, 2.45) is 0 Å². The first-order valence-corrected chi connectivity index (χ1v) is 0.628. The first kappa shape index (κ1) is 3.53. The van der Waals surface area contributed by atoms with Gasteiger partial charge >= 0.3 is 6.22 Å².